The summed E-state index contributed by atoms with van der Waals surface area (Å²) < 4.78 is 2.31. The summed E-state index contributed by atoms with van der Waals surface area (Å²) in [7, 11) is 0. The monoisotopic (exact) mass is 290 g/mol. The molecule has 0 radical (unpaired) electrons. The molecular weight excluding hydrogens is 279 g/mol. The Hall–Kier alpha value is -0.650. The summed E-state index contributed by atoms with van der Waals surface area (Å²) in [4.78, 5) is 15.7. The summed E-state index contributed by atoms with van der Waals surface area (Å²) >= 11 is 2.00. The lowest BCUT2D eigenvalue weighted by atomic mass is 10.4. The lowest BCUT2D eigenvalue weighted by molar-refractivity contribution is 0.708. The van der Waals surface area contributed by atoms with Crippen LogP contribution in [0.4, 0.5) is 0 Å². The number of halogens is 1. The van der Waals surface area contributed by atoms with E-state index in [9.17, 15) is 4.79 Å². The highest BCUT2D eigenvalue weighted by molar-refractivity contribution is 14.1. The summed E-state index contributed by atoms with van der Waals surface area (Å²) in [6, 6.07) is 0. The average molecular weight is 290 g/mol. The van der Waals surface area contributed by atoms with Crippen LogP contribution in [0.5, 0.6) is 0 Å². The normalized spacial score (nSPS) is 11.0. The van der Waals surface area contributed by atoms with E-state index in [1.165, 1.54) is 0 Å². The zero-order valence-corrected chi connectivity index (χ0v) is 9.78. The fraction of sp³-hybridized carbons (Fsp3) is 0.333. The van der Waals surface area contributed by atoms with Crippen LogP contribution in [0, 0.1) is 10.5 Å². The summed E-state index contributed by atoms with van der Waals surface area (Å²) in [5, 5.41) is 0. The van der Waals surface area contributed by atoms with Crippen molar-refractivity contribution in [3.05, 3.63) is 38.1 Å². The first-order chi connectivity index (χ1) is 6.16. The number of aromatic nitrogens is 2. The zero-order valence-electron chi connectivity index (χ0n) is 7.62. The first kappa shape index (κ1) is 10.4. The standard InChI is InChI=1S/C9H11IN2O/c1-3-4-5-12-7(2)11-6-8(10)9(12)13/h3-4,6H,5H2,1-2H3/b4-3+. The number of rotatable bonds is 2. The Morgan fingerprint density at radius 1 is 1.69 bits per heavy atom. The van der Waals surface area contributed by atoms with Crippen LogP contribution >= 0.6 is 22.6 Å². The van der Waals surface area contributed by atoms with E-state index in [4.69, 9.17) is 0 Å². The third-order valence-corrected chi connectivity index (χ3v) is 2.47. The van der Waals surface area contributed by atoms with E-state index in [2.05, 4.69) is 4.98 Å². The van der Waals surface area contributed by atoms with E-state index in [0.717, 1.165) is 5.82 Å². The SMILES string of the molecule is C/C=C/Cn1c(C)ncc(I)c1=O. The smallest absolute Gasteiger partial charge is 0.267 e. The van der Waals surface area contributed by atoms with Gasteiger partial charge >= 0.3 is 0 Å². The fourth-order valence-corrected chi connectivity index (χ4v) is 1.41. The minimum Gasteiger partial charge on any atom is -0.292 e. The predicted molar refractivity (Wildman–Crippen MR) is 60.8 cm³/mol. The Labute approximate surface area is 90.6 Å². The van der Waals surface area contributed by atoms with Gasteiger partial charge in [-0.3, -0.25) is 9.36 Å². The van der Waals surface area contributed by atoms with E-state index < -0.39 is 0 Å². The van der Waals surface area contributed by atoms with Crippen molar-refractivity contribution < 1.29 is 0 Å². The Bertz CT molecular complexity index is 382. The molecule has 0 unspecified atom stereocenters. The van der Waals surface area contributed by atoms with Gasteiger partial charge in [0.15, 0.2) is 0 Å². The van der Waals surface area contributed by atoms with Crippen LogP contribution in [-0.2, 0) is 6.54 Å². The second-order valence-corrected chi connectivity index (χ2v) is 3.80. The van der Waals surface area contributed by atoms with Gasteiger partial charge in [0.25, 0.3) is 5.56 Å². The van der Waals surface area contributed by atoms with Crippen LogP contribution in [0.3, 0.4) is 0 Å². The van der Waals surface area contributed by atoms with Crippen LogP contribution < -0.4 is 5.56 Å². The molecule has 0 aliphatic carbocycles. The van der Waals surface area contributed by atoms with E-state index in [0.29, 0.717) is 10.1 Å². The van der Waals surface area contributed by atoms with Gasteiger partial charge in [0.05, 0.1) is 3.57 Å². The topological polar surface area (TPSA) is 34.9 Å². The molecule has 1 aromatic heterocycles. The van der Waals surface area contributed by atoms with Crippen molar-refractivity contribution in [1.82, 2.24) is 9.55 Å². The minimum absolute atomic E-state index is 0.0335. The van der Waals surface area contributed by atoms with Gasteiger partial charge in [-0.15, -0.1) is 0 Å². The molecule has 0 bridgehead atoms. The Balaban J connectivity index is 3.18. The van der Waals surface area contributed by atoms with Crippen molar-refractivity contribution in [2.24, 2.45) is 0 Å². The van der Waals surface area contributed by atoms with Gasteiger partial charge in [0, 0.05) is 12.7 Å². The lowest BCUT2D eigenvalue weighted by Crippen LogP contribution is -2.24. The van der Waals surface area contributed by atoms with Gasteiger partial charge < -0.3 is 0 Å². The summed E-state index contributed by atoms with van der Waals surface area (Å²) in [5.41, 5.74) is 0.0335. The van der Waals surface area contributed by atoms with Gasteiger partial charge in [-0.05, 0) is 36.4 Å². The second-order valence-electron chi connectivity index (χ2n) is 2.64. The maximum atomic E-state index is 11.6. The van der Waals surface area contributed by atoms with E-state index in [-0.39, 0.29) is 5.56 Å². The third-order valence-electron chi connectivity index (χ3n) is 1.73. The molecule has 0 fully saturated rings. The van der Waals surface area contributed by atoms with Crippen molar-refractivity contribution in [3.63, 3.8) is 0 Å². The molecule has 3 nitrogen and oxygen atoms in total. The molecule has 1 heterocycles. The van der Waals surface area contributed by atoms with Crippen molar-refractivity contribution in [3.8, 4) is 0 Å². The summed E-state index contributed by atoms with van der Waals surface area (Å²) in [6.07, 6.45) is 5.46. The van der Waals surface area contributed by atoms with E-state index >= 15 is 0 Å². The fourth-order valence-electron chi connectivity index (χ4n) is 0.977. The van der Waals surface area contributed by atoms with Gasteiger partial charge in [-0.25, -0.2) is 4.98 Å². The molecule has 1 rings (SSSR count). The quantitative estimate of drug-likeness (QED) is 0.614. The maximum absolute atomic E-state index is 11.6. The largest absolute Gasteiger partial charge is 0.292 e. The van der Waals surface area contributed by atoms with Crippen LogP contribution in [0.15, 0.2) is 23.1 Å². The molecule has 1 aromatic rings. The first-order valence-electron chi connectivity index (χ1n) is 4.00. The van der Waals surface area contributed by atoms with Crippen LogP contribution in [-0.4, -0.2) is 9.55 Å². The number of hydrogen-bond donors (Lipinski definition) is 0. The zero-order chi connectivity index (χ0) is 9.84. The second kappa shape index (κ2) is 4.55. The Morgan fingerprint density at radius 3 is 3.00 bits per heavy atom. The highest BCUT2D eigenvalue weighted by atomic mass is 127. The number of aryl methyl sites for hydroxylation is 1. The molecule has 70 valence electrons. The number of allylic oxidation sites excluding steroid dienone is 2. The van der Waals surface area contributed by atoms with Crippen molar-refractivity contribution in [1.29, 1.82) is 0 Å². The third kappa shape index (κ3) is 2.40. The van der Waals surface area contributed by atoms with Crippen LogP contribution in [0.25, 0.3) is 0 Å². The molecular formula is C9H11IN2O. The molecule has 0 saturated carbocycles. The van der Waals surface area contributed by atoms with Crippen LogP contribution in [0.2, 0.25) is 0 Å². The number of nitrogens with zero attached hydrogens (tertiary/aromatic N) is 2. The molecule has 0 spiro atoms. The van der Waals surface area contributed by atoms with E-state index in [1.54, 1.807) is 10.8 Å². The van der Waals surface area contributed by atoms with Crippen molar-refractivity contribution >= 4 is 22.6 Å². The average Bonchev–Trinajstić information content (AvgIpc) is 2.12. The number of hydrogen-bond acceptors (Lipinski definition) is 2. The van der Waals surface area contributed by atoms with Crippen LogP contribution in [0.1, 0.15) is 12.7 Å². The summed E-state index contributed by atoms with van der Waals surface area (Å²) in [6.45, 7) is 4.37. The highest BCUT2D eigenvalue weighted by Crippen LogP contribution is 1.97. The molecule has 0 atom stereocenters. The Morgan fingerprint density at radius 2 is 2.38 bits per heavy atom. The van der Waals surface area contributed by atoms with E-state index in [1.807, 2.05) is 48.6 Å². The first-order valence-corrected chi connectivity index (χ1v) is 5.07. The predicted octanol–water partition coefficient (Wildman–Crippen LogP) is 1.73. The minimum atomic E-state index is 0.0335. The maximum Gasteiger partial charge on any atom is 0.267 e. The molecule has 13 heavy (non-hydrogen) atoms. The van der Waals surface area contributed by atoms with Gasteiger partial charge in [0.2, 0.25) is 0 Å². The van der Waals surface area contributed by atoms with Crippen molar-refractivity contribution in [2.75, 3.05) is 0 Å². The van der Waals surface area contributed by atoms with Crippen molar-refractivity contribution in [2.45, 2.75) is 20.4 Å². The highest BCUT2D eigenvalue weighted by Gasteiger charge is 2.02. The molecule has 0 aromatic carbocycles. The molecule has 0 N–H and O–H groups in total. The van der Waals surface area contributed by atoms with Gasteiger partial charge in [0.1, 0.15) is 5.82 Å². The van der Waals surface area contributed by atoms with Gasteiger partial charge in [-0.2, -0.15) is 0 Å². The molecule has 0 aliphatic rings. The lowest BCUT2D eigenvalue weighted by Gasteiger charge is -2.05. The molecule has 0 amide bonds. The molecule has 4 heteroatoms. The molecule has 0 saturated heterocycles. The molecule has 0 aliphatic heterocycles. The summed E-state index contributed by atoms with van der Waals surface area (Å²) in [5.74, 6) is 0.753. The Kier molecular flexibility index (Phi) is 3.65. The van der Waals surface area contributed by atoms with Gasteiger partial charge in [-0.1, -0.05) is 12.2 Å².